The number of esters is 1. The van der Waals surface area contributed by atoms with Crippen LogP contribution in [-0.4, -0.2) is 42.6 Å². The lowest BCUT2D eigenvalue weighted by Gasteiger charge is -2.38. The SMILES string of the molecule is COc1ccc(C(=O)OCC(=O)N2[C@H](C)CCC[C@H]2C)c2ccccc12. The van der Waals surface area contributed by atoms with Crippen LogP contribution in [0.1, 0.15) is 43.5 Å². The molecule has 0 bridgehead atoms. The van der Waals surface area contributed by atoms with E-state index in [0.29, 0.717) is 11.3 Å². The van der Waals surface area contributed by atoms with Crippen LogP contribution in [0.3, 0.4) is 0 Å². The molecule has 3 rings (SSSR count). The minimum absolute atomic E-state index is 0.129. The molecule has 0 aromatic heterocycles. The van der Waals surface area contributed by atoms with Crippen LogP contribution in [0.25, 0.3) is 10.8 Å². The van der Waals surface area contributed by atoms with E-state index in [1.165, 1.54) is 0 Å². The van der Waals surface area contributed by atoms with Gasteiger partial charge in [-0.25, -0.2) is 4.79 Å². The zero-order valence-corrected chi connectivity index (χ0v) is 15.5. The van der Waals surface area contributed by atoms with Gasteiger partial charge < -0.3 is 14.4 Å². The van der Waals surface area contributed by atoms with Gasteiger partial charge in [-0.2, -0.15) is 0 Å². The Bertz CT molecular complexity index is 807. The van der Waals surface area contributed by atoms with Crippen LogP contribution >= 0.6 is 0 Å². The molecule has 2 aromatic carbocycles. The Labute approximate surface area is 153 Å². The summed E-state index contributed by atoms with van der Waals surface area (Å²) in [5.74, 6) is 0.0783. The Morgan fingerprint density at radius 3 is 2.35 bits per heavy atom. The smallest absolute Gasteiger partial charge is 0.339 e. The summed E-state index contributed by atoms with van der Waals surface area (Å²) in [5, 5.41) is 1.60. The Kier molecular flexibility index (Phi) is 5.45. The van der Waals surface area contributed by atoms with Gasteiger partial charge in [0.05, 0.1) is 12.7 Å². The highest BCUT2D eigenvalue weighted by Gasteiger charge is 2.29. The summed E-state index contributed by atoms with van der Waals surface area (Å²) in [4.78, 5) is 27.0. The molecule has 1 saturated heterocycles. The summed E-state index contributed by atoms with van der Waals surface area (Å²) in [5.41, 5.74) is 0.439. The fraction of sp³-hybridized carbons (Fsp3) is 0.429. The first-order chi connectivity index (χ1) is 12.5. The Morgan fingerprint density at radius 1 is 1.04 bits per heavy atom. The van der Waals surface area contributed by atoms with Crippen LogP contribution in [0.2, 0.25) is 0 Å². The minimum atomic E-state index is -0.491. The number of likely N-dealkylation sites (tertiary alicyclic amines) is 1. The molecule has 5 nitrogen and oxygen atoms in total. The van der Waals surface area contributed by atoms with Crippen molar-refractivity contribution in [2.45, 2.75) is 45.2 Å². The molecular formula is C21H25NO4. The summed E-state index contributed by atoms with van der Waals surface area (Å²) < 4.78 is 10.7. The number of hydrogen-bond donors (Lipinski definition) is 0. The van der Waals surface area contributed by atoms with Crippen molar-refractivity contribution in [3.63, 3.8) is 0 Å². The second-order valence-corrected chi connectivity index (χ2v) is 6.87. The molecule has 1 aliphatic heterocycles. The maximum Gasteiger partial charge on any atom is 0.339 e. The first-order valence-electron chi connectivity index (χ1n) is 9.07. The molecule has 1 fully saturated rings. The number of ether oxygens (including phenoxy) is 2. The van der Waals surface area contributed by atoms with Crippen molar-refractivity contribution in [3.05, 3.63) is 42.0 Å². The fourth-order valence-corrected chi connectivity index (χ4v) is 3.82. The number of piperidine rings is 1. The molecule has 0 aliphatic carbocycles. The molecular weight excluding hydrogens is 330 g/mol. The van der Waals surface area contributed by atoms with E-state index in [4.69, 9.17) is 9.47 Å². The average Bonchev–Trinajstić information content (AvgIpc) is 2.65. The van der Waals surface area contributed by atoms with E-state index >= 15 is 0 Å². The normalized spacial score (nSPS) is 20.0. The second-order valence-electron chi connectivity index (χ2n) is 6.87. The summed E-state index contributed by atoms with van der Waals surface area (Å²) in [6.45, 7) is 3.87. The van der Waals surface area contributed by atoms with Crippen molar-refractivity contribution in [1.29, 1.82) is 0 Å². The molecule has 138 valence electrons. The molecule has 1 aliphatic rings. The third kappa shape index (κ3) is 3.52. The van der Waals surface area contributed by atoms with Gasteiger partial charge in [-0.1, -0.05) is 24.3 Å². The van der Waals surface area contributed by atoms with Gasteiger partial charge in [-0.15, -0.1) is 0 Å². The highest BCUT2D eigenvalue weighted by molar-refractivity contribution is 6.06. The van der Waals surface area contributed by atoms with Crippen LogP contribution in [-0.2, 0) is 9.53 Å². The monoisotopic (exact) mass is 355 g/mol. The molecule has 0 saturated carbocycles. The van der Waals surface area contributed by atoms with E-state index in [1.807, 2.05) is 43.0 Å². The zero-order valence-electron chi connectivity index (χ0n) is 15.5. The second kappa shape index (κ2) is 7.77. The van der Waals surface area contributed by atoms with Gasteiger partial charge in [-0.3, -0.25) is 4.79 Å². The van der Waals surface area contributed by atoms with Crippen molar-refractivity contribution in [1.82, 2.24) is 4.90 Å². The van der Waals surface area contributed by atoms with Gasteiger partial charge in [0.2, 0.25) is 0 Å². The van der Waals surface area contributed by atoms with Gasteiger partial charge in [-0.05, 0) is 50.6 Å². The Hall–Kier alpha value is -2.56. The Morgan fingerprint density at radius 2 is 1.69 bits per heavy atom. The number of carbonyl (C=O) groups is 2. The quantitative estimate of drug-likeness (QED) is 0.783. The fourth-order valence-electron chi connectivity index (χ4n) is 3.82. The summed E-state index contributed by atoms with van der Waals surface area (Å²) in [6.07, 6.45) is 3.12. The van der Waals surface area contributed by atoms with E-state index in [0.717, 1.165) is 30.0 Å². The molecule has 0 spiro atoms. The highest BCUT2D eigenvalue weighted by Crippen LogP contribution is 2.29. The molecule has 0 unspecified atom stereocenters. The third-order valence-corrected chi connectivity index (χ3v) is 5.13. The zero-order chi connectivity index (χ0) is 18.7. The highest BCUT2D eigenvalue weighted by atomic mass is 16.5. The predicted octanol–water partition coefficient (Wildman–Crippen LogP) is 3.79. The van der Waals surface area contributed by atoms with Crippen molar-refractivity contribution in [2.24, 2.45) is 0 Å². The lowest BCUT2D eigenvalue weighted by Crippen LogP contribution is -2.49. The van der Waals surface area contributed by atoms with E-state index < -0.39 is 5.97 Å². The number of rotatable bonds is 4. The lowest BCUT2D eigenvalue weighted by atomic mass is 9.97. The first-order valence-corrected chi connectivity index (χ1v) is 9.07. The first kappa shape index (κ1) is 18.2. The van der Waals surface area contributed by atoms with Crippen LogP contribution in [0.4, 0.5) is 0 Å². The van der Waals surface area contributed by atoms with Crippen molar-refractivity contribution in [2.75, 3.05) is 13.7 Å². The van der Waals surface area contributed by atoms with Crippen LogP contribution in [0, 0.1) is 0 Å². The van der Waals surface area contributed by atoms with Crippen LogP contribution in [0.5, 0.6) is 5.75 Å². The van der Waals surface area contributed by atoms with E-state index in [9.17, 15) is 9.59 Å². The minimum Gasteiger partial charge on any atom is -0.496 e. The number of hydrogen-bond acceptors (Lipinski definition) is 4. The number of nitrogens with zero attached hydrogens (tertiary/aromatic N) is 1. The van der Waals surface area contributed by atoms with Crippen LogP contribution < -0.4 is 4.74 Å². The molecule has 2 atom stereocenters. The molecule has 26 heavy (non-hydrogen) atoms. The van der Waals surface area contributed by atoms with E-state index in [2.05, 4.69) is 0 Å². The molecule has 2 aromatic rings. The number of carbonyl (C=O) groups excluding carboxylic acids is 2. The number of methoxy groups -OCH3 is 1. The van der Waals surface area contributed by atoms with E-state index in [1.54, 1.807) is 19.2 Å². The van der Waals surface area contributed by atoms with Gasteiger partial charge in [0, 0.05) is 17.5 Å². The maximum atomic E-state index is 12.6. The summed E-state index contributed by atoms with van der Waals surface area (Å²) >= 11 is 0. The lowest BCUT2D eigenvalue weighted by molar-refractivity contribution is -0.140. The van der Waals surface area contributed by atoms with Crippen molar-refractivity contribution < 1.29 is 19.1 Å². The molecule has 1 amide bonds. The van der Waals surface area contributed by atoms with Crippen molar-refractivity contribution in [3.8, 4) is 5.75 Å². The summed E-state index contributed by atoms with van der Waals surface area (Å²) in [7, 11) is 1.60. The number of fused-ring (bicyclic) bond motifs is 1. The topological polar surface area (TPSA) is 55.8 Å². The predicted molar refractivity (Wildman–Crippen MR) is 100 cm³/mol. The van der Waals surface area contributed by atoms with Gasteiger partial charge in [0.25, 0.3) is 5.91 Å². The average molecular weight is 355 g/mol. The number of benzene rings is 2. The molecule has 0 N–H and O–H groups in total. The van der Waals surface area contributed by atoms with Crippen molar-refractivity contribution >= 4 is 22.6 Å². The van der Waals surface area contributed by atoms with Crippen LogP contribution in [0.15, 0.2) is 36.4 Å². The molecule has 1 heterocycles. The third-order valence-electron chi connectivity index (χ3n) is 5.13. The largest absolute Gasteiger partial charge is 0.496 e. The van der Waals surface area contributed by atoms with E-state index in [-0.39, 0.29) is 24.6 Å². The maximum absolute atomic E-state index is 12.6. The van der Waals surface area contributed by atoms with Gasteiger partial charge in [0.1, 0.15) is 5.75 Å². The number of amides is 1. The Balaban J connectivity index is 1.75. The standard InChI is InChI=1S/C21H25NO4/c1-14-7-6-8-15(2)22(14)20(23)13-26-21(24)18-11-12-19(25-3)17-10-5-4-9-16(17)18/h4-5,9-12,14-15H,6-8,13H2,1-3H3/t14-,15-/m1/s1. The van der Waals surface area contributed by atoms with Gasteiger partial charge >= 0.3 is 5.97 Å². The summed E-state index contributed by atoms with van der Waals surface area (Å²) in [6, 6.07) is 11.3. The van der Waals surface area contributed by atoms with Gasteiger partial charge in [0.15, 0.2) is 6.61 Å². The molecule has 5 heteroatoms. The molecule has 0 radical (unpaired) electrons.